The molecule has 0 bridgehead atoms. The number of aliphatic hydroxyl groups is 1. The predicted molar refractivity (Wildman–Crippen MR) is 152 cm³/mol. The maximum Gasteiger partial charge on any atom is 0.284 e. The van der Waals surface area contributed by atoms with Crippen molar-refractivity contribution in [3.63, 3.8) is 0 Å². The molecule has 2 aromatic carbocycles. The van der Waals surface area contributed by atoms with E-state index in [1.165, 1.54) is 18.3 Å². The van der Waals surface area contributed by atoms with Crippen LogP contribution in [0.5, 0.6) is 0 Å². The molecule has 13 heteroatoms. The zero-order valence-electron chi connectivity index (χ0n) is 22.3. The molecule has 0 spiro atoms. The van der Waals surface area contributed by atoms with Crippen molar-refractivity contribution in [3.8, 4) is 5.69 Å². The highest BCUT2D eigenvalue weighted by atomic mass is 19.2. The number of anilines is 4. The molecule has 3 heterocycles. The Hall–Kier alpha value is -4.75. The lowest BCUT2D eigenvalue weighted by atomic mass is 10.2. The van der Waals surface area contributed by atoms with Crippen molar-refractivity contribution in [2.45, 2.75) is 6.92 Å². The summed E-state index contributed by atoms with van der Waals surface area (Å²) in [5, 5.41) is 14.6. The molecule has 2 aromatic heterocycles. The first-order valence-corrected chi connectivity index (χ1v) is 12.9. The van der Waals surface area contributed by atoms with Gasteiger partial charge in [-0.15, -0.1) is 0 Å². The molecule has 3 N–H and O–H groups in total. The van der Waals surface area contributed by atoms with Crippen LogP contribution in [0.1, 0.15) is 5.82 Å². The average Bonchev–Trinajstić information content (AvgIpc) is 2.96. The Kier molecular flexibility index (Phi) is 7.99. The van der Waals surface area contributed by atoms with Crippen LogP contribution in [0.2, 0.25) is 0 Å². The van der Waals surface area contributed by atoms with E-state index in [0.717, 1.165) is 6.08 Å². The quantitative estimate of drug-likeness (QED) is 0.278. The molecule has 1 amide bonds. The van der Waals surface area contributed by atoms with Crippen LogP contribution >= 0.6 is 0 Å². The number of benzene rings is 2. The molecule has 1 saturated heterocycles. The topological polar surface area (TPSA) is 129 Å². The molecular formula is C28H28F2N8O3. The van der Waals surface area contributed by atoms with Crippen molar-refractivity contribution in [1.82, 2.24) is 24.4 Å². The summed E-state index contributed by atoms with van der Waals surface area (Å²) >= 11 is 0. The lowest BCUT2D eigenvalue weighted by molar-refractivity contribution is -0.111. The number of nitrogens with zero attached hydrogens (tertiary/aromatic N) is 6. The molecule has 41 heavy (non-hydrogen) atoms. The number of carbonyl (C=O) groups is 1. The van der Waals surface area contributed by atoms with Crippen molar-refractivity contribution in [2.24, 2.45) is 0 Å². The van der Waals surface area contributed by atoms with Crippen molar-refractivity contribution in [3.05, 3.63) is 83.1 Å². The number of carbonyl (C=O) groups excluding carboxylic acids is 1. The number of amides is 1. The van der Waals surface area contributed by atoms with Gasteiger partial charge in [0, 0.05) is 44.6 Å². The van der Waals surface area contributed by atoms with E-state index in [4.69, 9.17) is 5.11 Å². The number of aromatic nitrogens is 4. The number of hydrogen-bond acceptors (Lipinski definition) is 9. The number of aliphatic hydroxyl groups excluding tert-OH is 1. The highest BCUT2D eigenvalue weighted by Gasteiger charge is 2.23. The Labute approximate surface area is 233 Å². The number of aryl methyl sites for hydroxylation is 1. The monoisotopic (exact) mass is 562 g/mol. The third-order valence-electron chi connectivity index (χ3n) is 6.79. The van der Waals surface area contributed by atoms with Gasteiger partial charge in [0.2, 0.25) is 11.9 Å². The molecule has 0 atom stereocenters. The third-order valence-corrected chi connectivity index (χ3v) is 6.79. The molecule has 212 valence electrons. The number of β-amino-alcohol motifs (C(OH)–C–C–N with tert-alkyl or cyclic N) is 1. The number of rotatable bonds is 8. The van der Waals surface area contributed by atoms with Crippen LogP contribution in [-0.2, 0) is 4.79 Å². The maximum atomic E-state index is 15.2. The van der Waals surface area contributed by atoms with Crippen LogP contribution in [0.4, 0.5) is 31.8 Å². The minimum absolute atomic E-state index is 0.0484. The van der Waals surface area contributed by atoms with Gasteiger partial charge in [0.05, 0.1) is 23.7 Å². The smallest absolute Gasteiger partial charge is 0.284 e. The first-order valence-electron chi connectivity index (χ1n) is 12.9. The van der Waals surface area contributed by atoms with Crippen LogP contribution in [0.15, 0.2) is 60.0 Å². The fraction of sp³-hybridized carbons (Fsp3) is 0.250. The molecule has 5 rings (SSSR count). The van der Waals surface area contributed by atoms with E-state index >= 15 is 8.78 Å². The first-order chi connectivity index (χ1) is 19.8. The van der Waals surface area contributed by atoms with Gasteiger partial charge in [-0.2, -0.15) is 9.97 Å². The fourth-order valence-corrected chi connectivity index (χ4v) is 4.74. The lowest BCUT2D eigenvalue weighted by Gasteiger charge is -2.36. The Morgan fingerprint density at radius 3 is 2.63 bits per heavy atom. The largest absolute Gasteiger partial charge is 0.395 e. The van der Waals surface area contributed by atoms with E-state index in [2.05, 4.69) is 37.1 Å². The Morgan fingerprint density at radius 1 is 1.12 bits per heavy atom. The molecular weight excluding hydrogens is 534 g/mol. The third kappa shape index (κ3) is 5.76. The van der Waals surface area contributed by atoms with E-state index in [9.17, 15) is 9.59 Å². The van der Waals surface area contributed by atoms with Gasteiger partial charge in [0.1, 0.15) is 11.2 Å². The van der Waals surface area contributed by atoms with Gasteiger partial charge in [-0.1, -0.05) is 12.6 Å². The zero-order valence-corrected chi connectivity index (χ0v) is 22.3. The Bertz CT molecular complexity index is 1690. The van der Waals surface area contributed by atoms with Gasteiger partial charge in [0.25, 0.3) is 5.56 Å². The minimum atomic E-state index is -1.09. The normalized spacial score (nSPS) is 13.8. The van der Waals surface area contributed by atoms with Crippen LogP contribution in [0.3, 0.4) is 0 Å². The van der Waals surface area contributed by atoms with Gasteiger partial charge in [-0.25, -0.2) is 13.8 Å². The maximum absolute atomic E-state index is 15.2. The molecule has 0 saturated carbocycles. The van der Waals surface area contributed by atoms with Crippen LogP contribution in [0.25, 0.3) is 16.7 Å². The minimum Gasteiger partial charge on any atom is -0.395 e. The summed E-state index contributed by atoms with van der Waals surface area (Å²) in [6, 6.07) is 9.73. The van der Waals surface area contributed by atoms with Crippen molar-refractivity contribution in [2.75, 3.05) is 54.9 Å². The van der Waals surface area contributed by atoms with Crippen molar-refractivity contribution in [1.29, 1.82) is 0 Å². The van der Waals surface area contributed by atoms with E-state index in [1.54, 1.807) is 40.7 Å². The predicted octanol–water partition coefficient (Wildman–Crippen LogP) is 2.74. The van der Waals surface area contributed by atoms with Crippen molar-refractivity contribution < 1.29 is 18.7 Å². The molecule has 4 aromatic rings. The highest BCUT2D eigenvalue weighted by molar-refractivity contribution is 5.99. The summed E-state index contributed by atoms with van der Waals surface area (Å²) in [4.78, 5) is 40.9. The summed E-state index contributed by atoms with van der Waals surface area (Å²) in [5.41, 5.74) is 0.654. The zero-order chi connectivity index (χ0) is 29.1. The number of nitrogens with one attached hydrogen (secondary N) is 2. The van der Waals surface area contributed by atoms with Gasteiger partial charge in [-0.3, -0.25) is 19.1 Å². The van der Waals surface area contributed by atoms with Crippen LogP contribution < -0.4 is 21.1 Å². The van der Waals surface area contributed by atoms with E-state index < -0.39 is 17.2 Å². The Morgan fingerprint density at radius 2 is 1.90 bits per heavy atom. The van der Waals surface area contributed by atoms with E-state index in [-0.39, 0.29) is 40.9 Å². The van der Waals surface area contributed by atoms with E-state index in [0.29, 0.717) is 49.9 Å². The van der Waals surface area contributed by atoms with Gasteiger partial charge in [0.15, 0.2) is 17.3 Å². The molecule has 1 aliphatic rings. The second kappa shape index (κ2) is 11.8. The Balaban J connectivity index is 1.47. The number of fused-ring (bicyclic) bond motifs is 1. The second-order valence-electron chi connectivity index (χ2n) is 9.41. The van der Waals surface area contributed by atoms with Gasteiger partial charge < -0.3 is 20.6 Å². The molecule has 0 aliphatic carbocycles. The SMILES string of the molecule is C=CC(=O)Nc1cccc(-n2c(C)nc(=O)c3cnc(Nc4ccc(N5CCN(CCO)CC5)c(F)c4F)nc32)c1. The van der Waals surface area contributed by atoms with Gasteiger partial charge in [-0.05, 0) is 43.3 Å². The van der Waals surface area contributed by atoms with Crippen LogP contribution in [0, 0.1) is 18.6 Å². The summed E-state index contributed by atoms with van der Waals surface area (Å²) in [5.74, 6) is -2.21. The molecule has 11 nitrogen and oxygen atoms in total. The molecule has 1 fully saturated rings. The van der Waals surface area contributed by atoms with Gasteiger partial charge >= 0.3 is 0 Å². The average molecular weight is 563 g/mol. The second-order valence-corrected chi connectivity index (χ2v) is 9.41. The summed E-state index contributed by atoms with van der Waals surface area (Å²) in [6.45, 7) is 7.93. The number of piperazine rings is 1. The number of halogens is 2. The molecule has 0 radical (unpaired) electrons. The summed E-state index contributed by atoms with van der Waals surface area (Å²) < 4.78 is 31.9. The van der Waals surface area contributed by atoms with E-state index in [1.807, 2.05) is 0 Å². The molecule has 1 aliphatic heterocycles. The summed E-state index contributed by atoms with van der Waals surface area (Å²) in [6.07, 6.45) is 2.42. The van der Waals surface area contributed by atoms with Crippen molar-refractivity contribution >= 4 is 40.0 Å². The summed E-state index contributed by atoms with van der Waals surface area (Å²) in [7, 11) is 0. The highest BCUT2D eigenvalue weighted by Crippen LogP contribution is 2.29. The standard InChI is InChI=1S/C28H28F2N8O3/c1-3-23(40)33-18-5-4-6-19(15-18)38-17(2)32-27(41)20-16-31-28(35-26(20)38)34-21-7-8-22(25(30)24(21)29)37-11-9-36(10-12-37)13-14-39/h3-8,15-16,39H,1,9-14H2,2H3,(H,33,40)(H,31,34,35). The number of hydrogen-bond donors (Lipinski definition) is 3. The lowest BCUT2D eigenvalue weighted by Crippen LogP contribution is -2.47. The van der Waals surface area contributed by atoms with Crippen LogP contribution in [-0.4, -0.2) is 74.8 Å². The first kappa shape index (κ1) is 27.8. The molecule has 0 unspecified atom stereocenters. The fourth-order valence-electron chi connectivity index (χ4n) is 4.74.